The van der Waals surface area contributed by atoms with E-state index in [1.54, 1.807) is 14.1 Å². The number of nitrogens with zero attached hydrogens (tertiary/aromatic N) is 1. The molecule has 0 heterocycles. The Bertz CT molecular complexity index is 741. The molecule has 0 saturated heterocycles. The number of anilines is 1. The van der Waals surface area contributed by atoms with E-state index < -0.39 is 0 Å². The fourth-order valence-electron chi connectivity index (χ4n) is 2.55. The highest BCUT2D eigenvalue weighted by molar-refractivity contribution is 5.90. The van der Waals surface area contributed by atoms with Crippen LogP contribution in [0.15, 0.2) is 48.5 Å². The van der Waals surface area contributed by atoms with E-state index in [9.17, 15) is 9.59 Å². The van der Waals surface area contributed by atoms with Crippen molar-refractivity contribution in [3.05, 3.63) is 54.1 Å². The molecule has 0 saturated carbocycles. The summed E-state index contributed by atoms with van der Waals surface area (Å²) in [5, 5.41) is 5.43. The Balaban J connectivity index is 2.02. The second-order valence-electron chi connectivity index (χ2n) is 6.16. The minimum Gasteiger partial charge on any atom is -0.359 e. The van der Waals surface area contributed by atoms with Crippen LogP contribution >= 0.6 is 0 Å². The lowest BCUT2D eigenvalue weighted by Crippen LogP contribution is -2.40. The first-order valence-electron chi connectivity index (χ1n) is 8.33. The van der Waals surface area contributed by atoms with Crippen LogP contribution in [0.2, 0.25) is 0 Å². The summed E-state index contributed by atoms with van der Waals surface area (Å²) in [7, 11) is 3.27. The van der Waals surface area contributed by atoms with Crippen molar-refractivity contribution in [3.8, 4) is 11.1 Å². The number of hydrogen-bond donors (Lipinski definition) is 2. The van der Waals surface area contributed by atoms with E-state index in [2.05, 4.69) is 29.7 Å². The number of amides is 3. The highest BCUT2D eigenvalue weighted by atomic mass is 16.2. The maximum atomic E-state index is 12.3. The maximum absolute atomic E-state index is 12.3. The molecule has 3 amide bonds. The van der Waals surface area contributed by atoms with Gasteiger partial charge < -0.3 is 15.5 Å². The van der Waals surface area contributed by atoms with Gasteiger partial charge in [-0.2, -0.15) is 0 Å². The van der Waals surface area contributed by atoms with Gasteiger partial charge in [0.1, 0.15) is 0 Å². The van der Waals surface area contributed by atoms with Crippen LogP contribution in [0, 0.1) is 6.92 Å². The minimum absolute atomic E-state index is 0.0882. The molecule has 0 radical (unpaired) electrons. The SMILES string of the molecule is CNC(=O)CC(C)N(C)C(=O)Nc1ccc(-c2ccccc2C)cc1. The Morgan fingerprint density at radius 2 is 1.72 bits per heavy atom. The molecule has 2 N–H and O–H groups in total. The fraction of sp³-hybridized carbons (Fsp3) is 0.300. The summed E-state index contributed by atoms with van der Waals surface area (Å²) in [5.41, 5.74) is 4.22. The molecular weight excluding hydrogens is 314 g/mol. The highest BCUT2D eigenvalue weighted by Crippen LogP contribution is 2.24. The second kappa shape index (κ2) is 8.33. The van der Waals surface area contributed by atoms with Crippen molar-refractivity contribution >= 4 is 17.6 Å². The number of carbonyl (C=O) groups is 2. The lowest BCUT2D eigenvalue weighted by molar-refractivity contribution is -0.121. The average molecular weight is 339 g/mol. The van der Waals surface area contributed by atoms with Crippen molar-refractivity contribution in [2.45, 2.75) is 26.3 Å². The van der Waals surface area contributed by atoms with E-state index in [4.69, 9.17) is 0 Å². The van der Waals surface area contributed by atoms with Crippen molar-refractivity contribution in [1.29, 1.82) is 0 Å². The van der Waals surface area contributed by atoms with E-state index >= 15 is 0 Å². The van der Waals surface area contributed by atoms with Gasteiger partial charge in [0.05, 0.1) is 0 Å². The van der Waals surface area contributed by atoms with Crippen molar-refractivity contribution in [2.75, 3.05) is 19.4 Å². The first-order valence-corrected chi connectivity index (χ1v) is 8.33. The van der Waals surface area contributed by atoms with Crippen molar-refractivity contribution in [1.82, 2.24) is 10.2 Å². The molecular formula is C20H25N3O2. The molecule has 0 aliphatic carbocycles. The summed E-state index contributed by atoms with van der Waals surface area (Å²) in [6, 6.07) is 15.5. The molecule has 0 fully saturated rings. The molecule has 0 aromatic heterocycles. The number of benzene rings is 2. The third kappa shape index (κ3) is 4.83. The quantitative estimate of drug-likeness (QED) is 0.873. The van der Waals surface area contributed by atoms with Crippen molar-refractivity contribution in [2.24, 2.45) is 0 Å². The van der Waals surface area contributed by atoms with Crippen LogP contribution in [0.1, 0.15) is 18.9 Å². The van der Waals surface area contributed by atoms with Crippen LogP contribution in [0.5, 0.6) is 0 Å². The molecule has 5 nitrogen and oxygen atoms in total. The summed E-state index contributed by atoms with van der Waals surface area (Å²) in [6.45, 7) is 3.92. The van der Waals surface area contributed by atoms with E-state index in [0.29, 0.717) is 0 Å². The lowest BCUT2D eigenvalue weighted by Gasteiger charge is -2.24. The van der Waals surface area contributed by atoms with Gasteiger partial charge in [-0.25, -0.2) is 4.79 Å². The zero-order valence-electron chi connectivity index (χ0n) is 15.2. The summed E-state index contributed by atoms with van der Waals surface area (Å²) >= 11 is 0. The molecule has 2 aromatic carbocycles. The zero-order chi connectivity index (χ0) is 18.4. The number of urea groups is 1. The van der Waals surface area contributed by atoms with Gasteiger partial charge in [-0.3, -0.25) is 4.79 Å². The third-order valence-corrected chi connectivity index (χ3v) is 4.33. The number of rotatable bonds is 5. The number of aryl methyl sites for hydroxylation is 1. The third-order valence-electron chi connectivity index (χ3n) is 4.33. The maximum Gasteiger partial charge on any atom is 0.321 e. The van der Waals surface area contributed by atoms with Gasteiger partial charge in [-0.15, -0.1) is 0 Å². The Morgan fingerprint density at radius 1 is 1.08 bits per heavy atom. The number of hydrogen-bond acceptors (Lipinski definition) is 2. The van der Waals surface area contributed by atoms with Gasteiger partial charge in [0.15, 0.2) is 0 Å². The molecule has 2 aromatic rings. The van der Waals surface area contributed by atoms with Crippen LogP contribution in [-0.2, 0) is 4.79 Å². The monoisotopic (exact) mass is 339 g/mol. The smallest absolute Gasteiger partial charge is 0.321 e. The standard InChI is InChI=1S/C20H25N3O2/c1-14-7-5-6-8-18(14)16-9-11-17(12-10-16)22-20(25)23(4)15(2)13-19(24)21-3/h5-12,15H,13H2,1-4H3,(H,21,24)(H,22,25). The van der Waals surface area contributed by atoms with Gasteiger partial charge in [-0.05, 0) is 42.7 Å². The molecule has 132 valence electrons. The molecule has 2 rings (SSSR count). The molecule has 5 heteroatoms. The predicted octanol–water partition coefficient (Wildman–Crippen LogP) is 3.65. The Labute approximate surface area is 149 Å². The first-order chi connectivity index (χ1) is 11.9. The number of nitrogens with one attached hydrogen (secondary N) is 2. The van der Waals surface area contributed by atoms with Crippen LogP contribution in [0.25, 0.3) is 11.1 Å². The Hall–Kier alpha value is -2.82. The van der Waals surface area contributed by atoms with Crippen molar-refractivity contribution < 1.29 is 9.59 Å². The largest absolute Gasteiger partial charge is 0.359 e. The second-order valence-corrected chi connectivity index (χ2v) is 6.16. The molecule has 25 heavy (non-hydrogen) atoms. The van der Waals surface area contributed by atoms with E-state index in [1.165, 1.54) is 16.0 Å². The molecule has 0 aliphatic rings. The molecule has 1 unspecified atom stereocenters. The van der Waals surface area contributed by atoms with E-state index in [-0.39, 0.29) is 24.4 Å². The summed E-state index contributed by atoms with van der Waals surface area (Å²) in [6.07, 6.45) is 0.270. The van der Waals surface area contributed by atoms with Gasteiger partial charge in [0.2, 0.25) is 5.91 Å². The lowest BCUT2D eigenvalue weighted by atomic mass is 10.0. The van der Waals surface area contributed by atoms with Gasteiger partial charge in [-0.1, -0.05) is 36.4 Å². The van der Waals surface area contributed by atoms with Crippen LogP contribution < -0.4 is 10.6 Å². The molecule has 0 aliphatic heterocycles. The molecule has 1 atom stereocenters. The summed E-state index contributed by atoms with van der Waals surface area (Å²) in [4.78, 5) is 25.3. The van der Waals surface area contributed by atoms with Gasteiger partial charge in [0, 0.05) is 32.2 Å². The molecule has 0 bridgehead atoms. The summed E-state index contributed by atoms with van der Waals surface area (Å²) < 4.78 is 0. The average Bonchev–Trinajstić information content (AvgIpc) is 2.62. The normalized spacial score (nSPS) is 11.5. The zero-order valence-corrected chi connectivity index (χ0v) is 15.2. The topological polar surface area (TPSA) is 61.4 Å². The van der Waals surface area contributed by atoms with Crippen LogP contribution in [-0.4, -0.2) is 37.0 Å². The van der Waals surface area contributed by atoms with Gasteiger partial charge >= 0.3 is 6.03 Å². The summed E-state index contributed by atoms with van der Waals surface area (Å²) in [5.74, 6) is -0.0882. The molecule has 0 spiro atoms. The van der Waals surface area contributed by atoms with E-state index in [1.807, 2.05) is 43.3 Å². The number of carbonyl (C=O) groups excluding carboxylic acids is 2. The first kappa shape index (κ1) is 18.5. The minimum atomic E-state index is -0.236. The van der Waals surface area contributed by atoms with Gasteiger partial charge in [0.25, 0.3) is 0 Å². The van der Waals surface area contributed by atoms with Crippen LogP contribution in [0.4, 0.5) is 10.5 Å². The predicted molar refractivity (Wildman–Crippen MR) is 102 cm³/mol. The fourth-order valence-corrected chi connectivity index (χ4v) is 2.55. The Morgan fingerprint density at radius 3 is 2.32 bits per heavy atom. The highest BCUT2D eigenvalue weighted by Gasteiger charge is 2.18. The Kier molecular flexibility index (Phi) is 6.17. The van der Waals surface area contributed by atoms with Crippen LogP contribution in [0.3, 0.4) is 0 Å². The van der Waals surface area contributed by atoms with E-state index in [0.717, 1.165) is 11.3 Å². The van der Waals surface area contributed by atoms with Crippen molar-refractivity contribution in [3.63, 3.8) is 0 Å².